The van der Waals surface area contributed by atoms with E-state index in [4.69, 9.17) is 9.72 Å². The van der Waals surface area contributed by atoms with E-state index in [2.05, 4.69) is 19.9 Å². The largest absolute Gasteiger partial charge is 0.444 e. The minimum atomic E-state index is -0.559. The first-order chi connectivity index (χ1) is 20.5. The predicted molar refractivity (Wildman–Crippen MR) is 161 cm³/mol. The molecule has 1 saturated carbocycles. The summed E-state index contributed by atoms with van der Waals surface area (Å²) in [6, 6.07) is 5.49. The summed E-state index contributed by atoms with van der Waals surface area (Å²) in [6.45, 7) is 6.53. The van der Waals surface area contributed by atoms with Gasteiger partial charge in [0.15, 0.2) is 0 Å². The number of piperazine rings is 1. The first-order valence-corrected chi connectivity index (χ1v) is 15.1. The van der Waals surface area contributed by atoms with Crippen molar-refractivity contribution in [3.05, 3.63) is 41.9 Å². The zero-order chi connectivity index (χ0) is 30.5. The summed E-state index contributed by atoms with van der Waals surface area (Å²) in [5.41, 5.74) is 1.27. The van der Waals surface area contributed by atoms with Gasteiger partial charge in [0, 0.05) is 51.0 Å². The summed E-state index contributed by atoms with van der Waals surface area (Å²) >= 11 is 0. The fraction of sp³-hybridized carbons (Fsp3) is 0.548. The van der Waals surface area contributed by atoms with Gasteiger partial charge < -0.3 is 24.4 Å². The molecule has 2 saturated heterocycles. The van der Waals surface area contributed by atoms with Crippen molar-refractivity contribution in [2.45, 2.75) is 83.0 Å². The lowest BCUT2D eigenvalue weighted by atomic mass is 10.1. The van der Waals surface area contributed by atoms with E-state index in [9.17, 15) is 14.4 Å². The van der Waals surface area contributed by atoms with Crippen LogP contribution >= 0.6 is 0 Å². The first kappa shape index (κ1) is 28.9. The zero-order valence-electron chi connectivity index (χ0n) is 25.5. The molecule has 12 nitrogen and oxygen atoms in total. The standard InChI is InChI=1S/C31H40N8O4/c1-31(2,3)43-30(42)38-22-11-12-23(38)18-37(17-22)27(40)19-10-13-25(32-15-19)34-29-33-16-20-14-24(28(41)36(4)5)39(26(20)35-29)21-8-6-7-9-21/h10,13-16,21-23H,6-9,11-12,17-18H2,1-5H3,(H,32,33,34,35). The quantitative estimate of drug-likeness (QED) is 0.458. The third-order valence-electron chi connectivity index (χ3n) is 8.52. The Morgan fingerprint density at radius 3 is 2.26 bits per heavy atom. The van der Waals surface area contributed by atoms with Gasteiger partial charge in [0.1, 0.15) is 22.8 Å². The van der Waals surface area contributed by atoms with Crippen LogP contribution in [0.15, 0.2) is 30.6 Å². The minimum Gasteiger partial charge on any atom is -0.444 e. The number of pyridine rings is 1. The Morgan fingerprint density at radius 1 is 0.953 bits per heavy atom. The normalized spacial score (nSPS) is 20.5. The second kappa shape index (κ2) is 11.1. The van der Waals surface area contributed by atoms with Gasteiger partial charge in [0.2, 0.25) is 5.95 Å². The number of hydrogen-bond acceptors (Lipinski definition) is 8. The number of anilines is 2. The molecule has 6 rings (SSSR count). The number of hydrogen-bond donors (Lipinski definition) is 1. The van der Waals surface area contributed by atoms with Crippen LogP contribution in [0.1, 0.15) is 86.2 Å². The van der Waals surface area contributed by atoms with Crippen LogP contribution in [0.5, 0.6) is 0 Å². The van der Waals surface area contributed by atoms with Gasteiger partial charge in [-0.2, -0.15) is 4.98 Å². The number of amides is 3. The highest BCUT2D eigenvalue weighted by atomic mass is 16.6. The molecule has 0 radical (unpaired) electrons. The third kappa shape index (κ3) is 5.74. The summed E-state index contributed by atoms with van der Waals surface area (Å²) in [4.78, 5) is 58.1. The van der Waals surface area contributed by atoms with E-state index in [0.717, 1.165) is 49.6 Å². The third-order valence-corrected chi connectivity index (χ3v) is 8.52. The van der Waals surface area contributed by atoms with E-state index < -0.39 is 5.60 Å². The van der Waals surface area contributed by atoms with Gasteiger partial charge in [-0.05, 0) is 64.7 Å². The number of carbonyl (C=O) groups excluding carboxylic acids is 3. The van der Waals surface area contributed by atoms with Crippen molar-refractivity contribution in [2.75, 3.05) is 32.5 Å². The molecule has 3 amide bonds. The Morgan fingerprint density at radius 2 is 1.65 bits per heavy atom. The second-order valence-corrected chi connectivity index (χ2v) is 13.0. The van der Waals surface area contributed by atoms with Crippen LogP contribution in [0.2, 0.25) is 0 Å². The van der Waals surface area contributed by atoms with Crippen molar-refractivity contribution in [1.82, 2.24) is 34.2 Å². The van der Waals surface area contributed by atoms with Crippen molar-refractivity contribution in [1.29, 1.82) is 0 Å². The van der Waals surface area contributed by atoms with Crippen LogP contribution < -0.4 is 5.32 Å². The van der Waals surface area contributed by atoms with Gasteiger partial charge in [0.05, 0.1) is 17.6 Å². The molecule has 2 aliphatic heterocycles. The Kier molecular flexibility index (Phi) is 7.47. The maximum Gasteiger partial charge on any atom is 0.410 e. The highest BCUT2D eigenvalue weighted by molar-refractivity contribution is 5.98. The molecule has 5 heterocycles. The van der Waals surface area contributed by atoms with Gasteiger partial charge >= 0.3 is 6.09 Å². The molecular weight excluding hydrogens is 548 g/mol. The van der Waals surface area contributed by atoms with Crippen LogP contribution in [-0.2, 0) is 4.74 Å². The number of nitrogens with one attached hydrogen (secondary N) is 1. The Labute approximate surface area is 251 Å². The summed E-state index contributed by atoms with van der Waals surface area (Å²) in [5.74, 6) is 0.718. The second-order valence-electron chi connectivity index (χ2n) is 13.0. The number of aromatic nitrogens is 4. The number of fused-ring (bicyclic) bond motifs is 3. The smallest absolute Gasteiger partial charge is 0.410 e. The SMILES string of the molecule is CN(C)C(=O)c1cc2cnc(Nc3ccc(C(=O)N4CC5CCC(C4)N5C(=O)OC(C)(C)C)cn3)nc2n1C1CCCC1. The summed E-state index contributed by atoms with van der Waals surface area (Å²) in [6.07, 6.45) is 8.98. The number of likely N-dealkylation sites (tertiary alicyclic amines) is 1. The summed E-state index contributed by atoms with van der Waals surface area (Å²) < 4.78 is 7.69. The maximum absolute atomic E-state index is 13.4. The molecule has 12 heteroatoms. The lowest BCUT2D eigenvalue weighted by Crippen LogP contribution is -2.57. The summed E-state index contributed by atoms with van der Waals surface area (Å²) in [5, 5.41) is 3.97. The van der Waals surface area contributed by atoms with E-state index in [0.29, 0.717) is 36.1 Å². The molecule has 2 unspecified atom stereocenters. The van der Waals surface area contributed by atoms with Crippen LogP contribution in [-0.4, -0.2) is 97.0 Å². The lowest BCUT2D eigenvalue weighted by molar-refractivity contribution is -0.00336. The van der Waals surface area contributed by atoms with E-state index in [1.165, 1.54) is 0 Å². The molecule has 3 aromatic rings. The molecule has 0 aromatic carbocycles. The van der Waals surface area contributed by atoms with E-state index >= 15 is 0 Å². The van der Waals surface area contributed by atoms with Crippen LogP contribution in [0.3, 0.4) is 0 Å². The number of rotatable bonds is 5. The average molecular weight is 589 g/mol. The van der Waals surface area contributed by atoms with Crippen LogP contribution in [0.4, 0.5) is 16.6 Å². The fourth-order valence-electron chi connectivity index (χ4n) is 6.57. The predicted octanol–water partition coefficient (Wildman–Crippen LogP) is 4.61. The van der Waals surface area contributed by atoms with Crippen molar-refractivity contribution in [2.24, 2.45) is 0 Å². The molecule has 3 fully saturated rings. The Hall–Kier alpha value is -4.22. The minimum absolute atomic E-state index is 0.0461. The fourth-order valence-corrected chi connectivity index (χ4v) is 6.57. The molecule has 2 bridgehead atoms. The molecule has 3 aromatic heterocycles. The van der Waals surface area contributed by atoms with Gasteiger partial charge in [-0.25, -0.2) is 14.8 Å². The molecule has 228 valence electrons. The average Bonchev–Trinajstić information content (AvgIpc) is 3.67. The van der Waals surface area contributed by atoms with Crippen molar-refractivity contribution < 1.29 is 19.1 Å². The van der Waals surface area contributed by atoms with Crippen LogP contribution in [0.25, 0.3) is 11.0 Å². The zero-order valence-corrected chi connectivity index (χ0v) is 25.5. The molecule has 2 atom stereocenters. The number of carbonyl (C=O) groups is 3. The van der Waals surface area contributed by atoms with Gasteiger partial charge in [-0.15, -0.1) is 0 Å². The lowest BCUT2D eigenvalue weighted by Gasteiger charge is -2.41. The van der Waals surface area contributed by atoms with E-state index in [-0.39, 0.29) is 36.0 Å². The van der Waals surface area contributed by atoms with Gasteiger partial charge in [0.25, 0.3) is 11.8 Å². The summed E-state index contributed by atoms with van der Waals surface area (Å²) in [7, 11) is 3.51. The van der Waals surface area contributed by atoms with Crippen molar-refractivity contribution in [3.63, 3.8) is 0 Å². The molecular formula is C31H40N8O4. The van der Waals surface area contributed by atoms with Crippen molar-refractivity contribution in [3.8, 4) is 0 Å². The topological polar surface area (TPSA) is 126 Å². The Bertz CT molecular complexity index is 1520. The highest BCUT2D eigenvalue weighted by Crippen LogP contribution is 2.35. The van der Waals surface area contributed by atoms with E-state index in [1.807, 2.05) is 36.6 Å². The monoisotopic (exact) mass is 588 g/mol. The first-order valence-electron chi connectivity index (χ1n) is 15.1. The molecule has 1 N–H and O–H groups in total. The highest BCUT2D eigenvalue weighted by Gasteiger charge is 2.45. The maximum atomic E-state index is 13.4. The van der Waals surface area contributed by atoms with Gasteiger partial charge in [-0.1, -0.05) is 12.8 Å². The molecule has 0 spiro atoms. The number of nitrogens with zero attached hydrogens (tertiary/aromatic N) is 7. The molecule has 43 heavy (non-hydrogen) atoms. The number of ether oxygens (including phenoxy) is 1. The molecule has 3 aliphatic rings. The van der Waals surface area contributed by atoms with Crippen molar-refractivity contribution >= 4 is 40.7 Å². The molecule has 1 aliphatic carbocycles. The Balaban J connectivity index is 1.16. The van der Waals surface area contributed by atoms with Gasteiger partial charge in [-0.3, -0.25) is 14.5 Å². The van der Waals surface area contributed by atoms with Crippen LogP contribution in [0, 0.1) is 0 Å². The van der Waals surface area contributed by atoms with E-state index in [1.54, 1.807) is 43.5 Å².